The second kappa shape index (κ2) is 4.86. The number of hydrogen-bond donors (Lipinski definition) is 0. The van der Waals surface area contributed by atoms with Gasteiger partial charge in [0.15, 0.2) is 5.82 Å². The average Bonchev–Trinajstić information content (AvgIpc) is 3.33. The Morgan fingerprint density at radius 2 is 2.04 bits per heavy atom. The Morgan fingerprint density at radius 3 is 2.91 bits per heavy atom. The third kappa shape index (κ3) is 1.92. The van der Waals surface area contributed by atoms with E-state index in [9.17, 15) is 0 Å². The molecule has 4 heterocycles. The Hall–Kier alpha value is -2.28. The van der Waals surface area contributed by atoms with Gasteiger partial charge in [-0.05, 0) is 38.2 Å². The van der Waals surface area contributed by atoms with Crippen molar-refractivity contribution in [3.05, 3.63) is 22.8 Å². The van der Waals surface area contributed by atoms with Gasteiger partial charge in [-0.3, -0.25) is 0 Å². The molecule has 0 radical (unpaired) electrons. The molecule has 1 aliphatic carbocycles. The molecule has 0 aromatic carbocycles. The number of hydrogen-bond acceptors (Lipinski definition) is 7. The van der Waals surface area contributed by atoms with Gasteiger partial charge in [0.25, 0.3) is 11.6 Å². The van der Waals surface area contributed by atoms with Crippen molar-refractivity contribution in [3.8, 4) is 11.5 Å². The first kappa shape index (κ1) is 13.2. The molecule has 0 spiro atoms. The summed E-state index contributed by atoms with van der Waals surface area (Å²) in [5.74, 6) is 1.49. The van der Waals surface area contributed by atoms with Crippen LogP contribution in [-0.2, 0) is 17.6 Å². The first-order valence-corrected chi connectivity index (χ1v) is 8.00. The summed E-state index contributed by atoms with van der Waals surface area (Å²) in [7, 11) is 0. The molecule has 2 aliphatic rings. The fourth-order valence-corrected chi connectivity index (χ4v) is 3.59. The van der Waals surface area contributed by atoms with Crippen LogP contribution >= 0.6 is 0 Å². The van der Waals surface area contributed by atoms with Crippen molar-refractivity contribution >= 4 is 11.1 Å². The van der Waals surface area contributed by atoms with Crippen LogP contribution in [0.5, 0.6) is 0 Å². The minimum atomic E-state index is 0.224. The molecule has 1 fully saturated rings. The number of fused-ring (bicyclic) bond motifs is 2. The summed E-state index contributed by atoms with van der Waals surface area (Å²) in [6.07, 6.45) is 3.96. The van der Waals surface area contributed by atoms with Crippen LogP contribution in [0, 0.1) is 6.92 Å². The highest BCUT2D eigenvalue weighted by Gasteiger charge is 2.29. The zero-order valence-corrected chi connectivity index (χ0v) is 12.8. The lowest BCUT2D eigenvalue weighted by molar-refractivity contribution is 0.192. The second-order valence-corrected chi connectivity index (χ2v) is 6.23. The van der Waals surface area contributed by atoms with E-state index in [1.807, 2.05) is 6.92 Å². The Balaban J connectivity index is 1.71. The molecule has 23 heavy (non-hydrogen) atoms. The fourth-order valence-electron chi connectivity index (χ4n) is 3.59. The predicted molar refractivity (Wildman–Crippen MR) is 80.0 cm³/mol. The van der Waals surface area contributed by atoms with Crippen molar-refractivity contribution in [3.63, 3.8) is 0 Å². The first-order valence-electron chi connectivity index (χ1n) is 8.00. The standard InChI is InChI=1S/C16H16N4O3/c1-8-12-13(10-3-2-4-11(10)17-15(12)22-19-8)16-18-14(20-23-16)9-5-6-21-7-9/h9H,2-7H2,1H3. The van der Waals surface area contributed by atoms with Gasteiger partial charge in [-0.15, -0.1) is 0 Å². The molecule has 0 amide bonds. The molecule has 1 unspecified atom stereocenters. The predicted octanol–water partition coefficient (Wildman–Crippen LogP) is 2.57. The van der Waals surface area contributed by atoms with Gasteiger partial charge in [-0.1, -0.05) is 10.3 Å². The molecule has 0 bridgehead atoms. The van der Waals surface area contributed by atoms with Crippen LogP contribution in [0.3, 0.4) is 0 Å². The zero-order chi connectivity index (χ0) is 15.4. The van der Waals surface area contributed by atoms with Crippen LogP contribution < -0.4 is 0 Å². The quantitative estimate of drug-likeness (QED) is 0.718. The molecule has 1 saturated heterocycles. The number of ether oxygens (including phenoxy) is 1. The highest BCUT2D eigenvalue weighted by molar-refractivity contribution is 5.93. The van der Waals surface area contributed by atoms with Gasteiger partial charge in [0.2, 0.25) is 0 Å². The second-order valence-electron chi connectivity index (χ2n) is 6.23. The summed E-state index contributed by atoms with van der Waals surface area (Å²) in [6.45, 7) is 3.34. The van der Waals surface area contributed by atoms with E-state index in [0.29, 0.717) is 18.2 Å². The average molecular weight is 312 g/mol. The van der Waals surface area contributed by atoms with E-state index in [2.05, 4.69) is 20.3 Å². The molecule has 1 atom stereocenters. The molecule has 7 heteroatoms. The van der Waals surface area contributed by atoms with Crippen LogP contribution in [-0.4, -0.2) is 33.5 Å². The smallest absolute Gasteiger partial charge is 0.259 e. The Morgan fingerprint density at radius 1 is 1.09 bits per heavy atom. The summed E-state index contributed by atoms with van der Waals surface area (Å²) >= 11 is 0. The zero-order valence-electron chi connectivity index (χ0n) is 12.8. The van der Waals surface area contributed by atoms with Gasteiger partial charge >= 0.3 is 0 Å². The van der Waals surface area contributed by atoms with Crippen molar-refractivity contribution in [2.45, 2.75) is 38.5 Å². The molecule has 0 N–H and O–H groups in total. The highest BCUT2D eigenvalue weighted by atomic mass is 16.5. The van der Waals surface area contributed by atoms with Crippen molar-refractivity contribution in [2.75, 3.05) is 13.2 Å². The van der Waals surface area contributed by atoms with Gasteiger partial charge in [0.1, 0.15) is 0 Å². The molecular weight excluding hydrogens is 296 g/mol. The number of nitrogens with zero attached hydrogens (tertiary/aromatic N) is 4. The normalized spacial score (nSPS) is 20.5. The topological polar surface area (TPSA) is 87.1 Å². The molecule has 3 aromatic heterocycles. The van der Waals surface area contributed by atoms with E-state index >= 15 is 0 Å². The maximum atomic E-state index is 5.61. The van der Waals surface area contributed by atoms with Crippen molar-refractivity contribution in [1.29, 1.82) is 0 Å². The lowest BCUT2D eigenvalue weighted by atomic mass is 10.0. The van der Waals surface area contributed by atoms with Gasteiger partial charge in [-0.25, -0.2) is 4.98 Å². The summed E-state index contributed by atoms with van der Waals surface area (Å²) < 4.78 is 16.4. The summed E-state index contributed by atoms with van der Waals surface area (Å²) in [4.78, 5) is 9.26. The number of aromatic nitrogens is 4. The lowest BCUT2D eigenvalue weighted by Gasteiger charge is -2.05. The van der Waals surface area contributed by atoms with E-state index in [4.69, 9.17) is 13.8 Å². The third-order valence-corrected chi connectivity index (χ3v) is 4.77. The van der Waals surface area contributed by atoms with Crippen molar-refractivity contribution < 1.29 is 13.8 Å². The Kier molecular flexibility index (Phi) is 2.78. The van der Waals surface area contributed by atoms with E-state index in [0.717, 1.165) is 60.5 Å². The van der Waals surface area contributed by atoms with E-state index < -0.39 is 0 Å². The molecular formula is C16H16N4O3. The number of rotatable bonds is 2. The van der Waals surface area contributed by atoms with Crippen molar-refractivity contribution in [2.24, 2.45) is 0 Å². The van der Waals surface area contributed by atoms with E-state index in [1.54, 1.807) is 0 Å². The van der Waals surface area contributed by atoms with Gasteiger partial charge < -0.3 is 13.8 Å². The summed E-state index contributed by atoms with van der Waals surface area (Å²) in [5.41, 5.74) is 4.58. The molecule has 0 saturated carbocycles. The van der Waals surface area contributed by atoms with Crippen molar-refractivity contribution in [1.82, 2.24) is 20.3 Å². The Labute approximate surface area is 132 Å². The maximum Gasteiger partial charge on any atom is 0.259 e. The highest BCUT2D eigenvalue weighted by Crippen LogP contribution is 2.38. The van der Waals surface area contributed by atoms with E-state index in [1.165, 1.54) is 5.56 Å². The van der Waals surface area contributed by atoms with Crippen LogP contribution in [0.4, 0.5) is 0 Å². The lowest BCUT2D eigenvalue weighted by Crippen LogP contribution is -2.00. The Bertz CT molecular complexity index is 892. The van der Waals surface area contributed by atoms with Crippen LogP contribution in [0.15, 0.2) is 9.05 Å². The molecule has 5 rings (SSSR count). The van der Waals surface area contributed by atoms with Gasteiger partial charge in [0, 0.05) is 18.2 Å². The van der Waals surface area contributed by atoms with E-state index in [-0.39, 0.29) is 5.92 Å². The van der Waals surface area contributed by atoms with Crippen LogP contribution in [0.25, 0.3) is 22.6 Å². The number of pyridine rings is 1. The fraction of sp³-hybridized carbons (Fsp3) is 0.500. The SMILES string of the molecule is Cc1noc2nc3c(c(-c4nc(C5CCOC5)no4)c12)CCC3. The van der Waals surface area contributed by atoms with Gasteiger partial charge in [-0.2, -0.15) is 4.98 Å². The minimum absolute atomic E-state index is 0.224. The monoisotopic (exact) mass is 312 g/mol. The van der Waals surface area contributed by atoms with Crippen LogP contribution in [0.1, 0.15) is 41.5 Å². The molecule has 118 valence electrons. The first-order chi connectivity index (χ1) is 11.3. The molecule has 3 aromatic rings. The largest absolute Gasteiger partial charge is 0.381 e. The van der Waals surface area contributed by atoms with Crippen LogP contribution in [0.2, 0.25) is 0 Å². The molecule has 1 aliphatic heterocycles. The van der Waals surface area contributed by atoms with Gasteiger partial charge in [0.05, 0.1) is 23.3 Å². The summed E-state index contributed by atoms with van der Waals surface area (Å²) in [5, 5.41) is 9.13. The third-order valence-electron chi connectivity index (χ3n) is 4.77. The minimum Gasteiger partial charge on any atom is -0.381 e. The summed E-state index contributed by atoms with van der Waals surface area (Å²) in [6, 6.07) is 0. The number of aryl methyl sites for hydroxylation is 2. The maximum absolute atomic E-state index is 5.61. The molecule has 7 nitrogen and oxygen atoms in total.